The summed E-state index contributed by atoms with van der Waals surface area (Å²) >= 11 is 1.56. The second-order valence-electron chi connectivity index (χ2n) is 3.33. The van der Waals surface area contributed by atoms with Gasteiger partial charge in [0.05, 0.1) is 6.54 Å². The lowest BCUT2D eigenvalue weighted by atomic mass is 10.3. The van der Waals surface area contributed by atoms with E-state index < -0.39 is 11.2 Å². The maximum absolute atomic E-state index is 11.5. The smallest absolute Gasteiger partial charge is 0.326 e. The Kier molecular flexibility index (Phi) is 3.02. The zero-order valence-corrected chi connectivity index (χ0v) is 9.29. The summed E-state index contributed by atoms with van der Waals surface area (Å²) in [6, 6.07) is 3.85. The zero-order chi connectivity index (χ0) is 11.5. The lowest BCUT2D eigenvalue weighted by Crippen LogP contribution is -2.32. The number of hydrogen-bond acceptors (Lipinski definition) is 4. The molecular formula is C10H11N3O2S. The summed E-state index contributed by atoms with van der Waals surface area (Å²) in [7, 11) is 0. The predicted octanol–water partition coefficient (Wildman–Crippen LogP) is 0.105. The minimum atomic E-state index is -0.407. The normalized spacial score (nSPS) is 10.6. The highest BCUT2D eigenvalue weighted by Crippen LogP contribution is 2.08. The molecule has 0 spiro atoms. The van der Waals surface area contributed by atoms with Crippen LogP contribution in [0.3, 0.4) is 0 Å². The third-order valence-electron chi connectivity index (χ3n) is 2.21. The Morgan fingerprint density at radius 1 is 1.44 bits per heavy atom. The number of hydrogen-bond donors (Lipinski definition) is 2. The molecule has 0 radical (unpaired) electrons. The number of aromatic amines is 1. The lowest BCUT2D eigenvalue weighted by molar-refractivity contribution is 0.713. The van der Waals surface area contributed by atoms with Crippen molar-refractivity contribution in [2.75, 3.05) is 0 Å². The fourth-order valence-corrected chi connectivity index (χ4v) is 2.09. The molecule has 0 aliphatic rings. The summed E-state index contributed by atoms with van der Waals surface area (Å²) in [5.74, 6) is 0. The molecular weight excluding hydrogens is 226 g/mol. The molecule has 0 atom stereocenters. The molecule has 2 rings (SSSR count). The summed E-state index contributed by atoms with van der Waals surface area (Å²) in [4.78, 5) is 26.1. The molecule has 0 amide bonds. The van der Waals surface area contributed by atoms with Crippen molar-refractivity contribution in [1.82, 2.24) is 9.55 Å². The third-order valence-corrected chi connectivity index (χ3v) is 3.07. The number of aromatic nitrogens is 2. The van der Waals surface area contributed by atoms with E-state index in [1.807, 2.05) is 17.5 Å². The van der Waals surface area contributed by atoms with Crippen LogP contribution in [0.1, 0.15) is 10.4 Å². The number of nitrogens with zero attached hydrogens (tertiary/aromatic N) is 1. The summed E-state index contributed by atoms with van der Waals surface area (Å²) in [6.45, 7) is 0.584. The van der Waals surface area contributed by atoms with E-state index in [9.17, 15) is 9.59 Å². The Bertz CT molecular complexity index is 583. The first-order valence-corrected chi connectivity index (χ1v) is 5.64. The lowest BCUT2D eigenvalue weighted by Gasteiger charge is -2.04. The van der Waals surface area contributed by atoms with E-state index in [1.54, 1.807) is 11.3 Å². The first-order chi connectivity index (χ1) is 7.70. The number of thiophene rings is 1. The van der Waals surface area contributed by atoms with E-state index in [1.165, 1.54) is 10.8 Å². The zero-order valence-electron chi connectivity index (χ0n) is 8.47. The van der Waals surface area contributed by atoms with Crippen LogP contribution in [0.15, 0.2) is 33.3 Å². The van der Waals surface area contributed by atoms with Crippen molar-refractivity contribution < 1.29 is 0 Å². The van der Waals surface area contributed by atoms with Crippen molar-refractivity contribution in [2.45, 2.75) is 13.1 Å². The second-order valence-corrected chi connectivity index (χ2v) is 4.36. The van der Waals surface area contributed by atoms with Crippen LogP contribution in [0.4, 0.5) is 0 Å². The van der Waals surface area contributed by atoms with Crippen molar-refractivity contribution in [2.24, 2.45) is 5.73 Å². The average Bonchev–Trinajstić information content (AvgIpc) is 2.75. The topological polar surface area (TPSA) is 80.9 Å². The van der Waals surface area contributed by atoms with Crippen molar-refractivity contribution in [1.29, 1.82) is 0 Å². The molecule has 3 N–H and O–H groups in total. The van der Waals surface area contributed by atoms with Gasteiger partial charge >= 0.3 is 5.69 Å². The van der Waals surface area contributed by atoms with Crippen LogP contribution in [-0.4, -0.2) is 9.55 Å². The van der Waals surface area contributed by atoms with Gasteiger partial charge in [-0.05, 0) is 11.4 Å². The molecule has 0 aromatic carbocycles. The Labute approximate surface area is 95.2 Å². The van der Waals surface area contributed by atoms with Gasteiger partial charge in [0.2, 0.25) is 0 Å². The Balaban J connectivity index is 2.41. The van der Waals surface area contributed by atoms with E-state index in [0.29, 0.717) is 12.1 Å². The van der Waals surface area contributed by atoms with E-state index in [2.05, 4.69) is 4.98 Å². The monoisotopic (exact) mass is 237 g/mol. The molecule has 0 fully saturated rings. The molecule has 0 aliphatic carbocycles. The van der Waals surface area contributed by atoms with Crippen molar-refractivity contribution in [3.05, 3.63) is 55.0 Å². The Hall–Kier alpha value is -1.66. The summed E-state index contributed by atoms with van der Waals surface area (Å²) in [6.07, 6.45) is 1.51. The molecule has 2 heterocycles. The van der Waals surface area contributed by atoms with Gasteiger partial charge in [0.1, 0.15) is 0 Å². The molecule has 6 heteroatoms. The maximum Gasteiger partial charge on any atom is 0.328 e. The van der Waals surface area contributed by atoms with Gasteiger partial charge in [0.15, 0.2) is 0 Å². The number of nitrogens with one attached hydrogen (secondary N) is 1. The van der Waals surface area contributed by atoms with Crippen molar-refractivity contribution in [3.8, 4) is 0 Å². The molecule has 2 aromatic heterocycles. The molecule has 2 aromatic rings. The quantitative estimate of drug-likeness (QED) is 0.794. The standard InChI is InChI=1S/C10H11N3O2S/c11-4-7-5-13(10(15)12-9(7)14)6-8-2-1-3-16-8/h1-3,5H,4,6,11H2,(H,12,14,15). The minimum absolute atomic E-state index is 0.125. The van der Waals surface area contributed by atoms with E-state index in [0.717, 1.165) is 4.88 Å². The predicted molar refractivity (Wildman–Crippen MR) is 62.6 cm³/mol. The fourth-order valence-electron chi connectivity index (χ4n) is 1.39. The maximum atomic E-state index is 11.5. The van der Waals surface area contributed by atoms with Crippen molar-refractivity contribution >= 4 is 11.3 Å². The highest BCUT2D eigenvalue weighted by Gasteiger charge is 2.04. The van der Waals surface area contributed by atoms with Gasteiger partial charge in [-0.25, -0.2) is 4.79 Å². The number of nitrogens with two attached hydrogens (primary N) is 1. The molecule has 5 nitrogen and oxygen atoms in total. The molecule has 0 unspecified atom stereocenters. The van der Waals surface area contributed by atoms with E-state index in [-0.39, 0.29) is 6.54 Å². The summed E-state index contributed by atoms with van der Waals surface area (Å²) < 4.78 is 1.45. The van der Waals surface area contributed by atoms with Crippen LogP contribution in [0.25, 0.3) is 0 Å². The SMILES string of the molecule is NCc1cn(Cc2cccs2)c(=O)[nH]c1=O. The molecule has 0 bridgehead atoms. The van der Waals surface area contributed by atoms with Crippen LogP contribution in [0.5, 0.6) is 0 Å². The van der Waals surface area contributed by atoms with Gasteiger partial charge in [0, 0.05) is 23.2 Å². The van der Waals surface area contributed by atoms with Gasteiger partial charge in [-0.15, -0.1) is 11.3 Å². The Morgan fingerprint density at radius 3 is 2.88 bits per heavy atom. The Morgan fingerprint density at radius 2 is 2.25 bits per heavy atom. The van der Waals surface area contributed by atoms with Crippen LogP contribution >= 0.6 is 11.3 Å². The van der Waals surface area contributed by atoms with Gasteiger partial charge in [-0.3, -0.25) is 14.3 Å². The van der Waals surface area contributed by atoms with Gasteiger partial charge in [-0.1, -0.05) is 6.07 Å². The highest BCUT2D eigenvalue weighted by atomic mass is 32.1. The van der Waals surface area contributed by atoms with Crippen LogP contribution in [0, 0.1) is 0 Å². The molecule has 16 heavy (non-hydrogen) atoms. The largest absolute Gasteiger partial charge is 0.328 e. The van der Waals surface area contributed by atoms with Crippen LogP contribution in [0.2, 0.25) is 0 Å². The average molecular weight is 237 g/mol. The summed E-state index contributed by atoms with van der Waals surface area (Å²) in [5.41, 5.74) is 5.01. The van der Waals surface area contributed by atoms with E-state index in [4.69, 9.17) is 5.73 Å². The van der Waals surface area contributed by atoms with Gasteiger partial charge < -0.3 is 5.73 Å². The molecule has 0 saturated carbocycles. The first kappa shape index (κ1) is 10.8. The second kappa shape index (κ2) is 4.46. The highest BCUT2D eigenvalue weighted by molar-refractivity contribution is 7.09. The van der Waals surface area contributed by atoms with E-state index >= 15 is 0 Å². The molecule has 84 valence electrons. The van der Waals surface area contributed by atoms with Gasteiger partial charge in [-0.2, -0.15) is 0 Å². The molecule has 0 saturated heterocycles. The number of H-pyrrole nitrogens is 1. The minimum Gasteiger partial charge on any atom is -0.326 e. The van der Waals surface area contributed by atoms with Crippen LogP contribution < -0.4 is 17.0 Å². The first-order valence-electron chi connectivity index (χ1n) is 4.76. The fraction of sp³-hybridized carbons (Fsp3) is 0.200. The summed E-state index contributed by atoms with van der Waals surface area (Å²) in [5, 5.41) is 1.94. The molecule has 0 aliphatic heterocycles. The van der Waals surface area contributed by atoms with Gasteiger partial charge in [0.25, 0.3) is 5.56 Å². The number of rotatable bonds is 3. The third kappa shape index (κ3) is 2.12. The van der Waals surface area contributed by atoms with Crippen LogP contribution in [-0.2, 0) is 13.1 Å². The van der Waals surface area contributed by atoms with Crippen molar-refractivity contribution in [3.63, 3.8) is 0 Å².